The first-order valence-corrected chi connectivity index (χ1v) is 11.1. The van der Waals surface area contributed by atoms with Crippen molar-refractivity contribution < 1.29 is 17.9 Å². The molecule has 2 rings (SSSR count). The van der Waals surface area contributed by atoms with E-state index in [-0.39, 0.29) is 24.2 Å². The summed E-state index contributed by atoms with van der Waals surface area (Å²) in [5, 5.41) is 2.73. The van der Waals surface area contributed by atoms with Crippen molar-refractivity contribution in [1.29, 1.82) is 0 Å². The summed E-state index contributed by atoms with van der Waals surface area (Å²) >= 11 is 0. The van der Waals surface area contributed by atoms with E-state index in [4.69, 9.17) is 10.5 Å². The molecule has 7 nitrogen and oxygen atoms in total. The fourth-order valence-corrected chi connectivity index (χ4v) is 3.62. The Morgan fingerprint density at radius 2 is 2.08 bits per heavy atom. The van der Waals surface area contributed by atoms with Crippen LogP contribution in [0.1, 0.15) is 44.6 Å². The molecule has 1 aromatic rings. The van der Waals surface area contributed by atoms with Gasteiger partial charge in [0.05, 0.1) is 11.8 Å². The molecule has 26 heavy (non-hydrogen) atoms. The first-order valence-electron chi connectivity index (χ1n) is 9.05. The van der Waals surface area contributed by atoms with Crippen molar-refractivity contribution in [1.82, 2.24) is 10.3 Å². The lowest BCUT2D eigenvalue weighted by Crippen LogP contribution is -2.41. The zero-order valence-corrected chi connectivity index (χ0v) is 16.3. The van der Waals surface area contributed by atoms with Gasteiger partial charge in [0.1, 0.15) is 15.9 Å². The summed E-state index contributed by atoms with van der Waals surface area (Å²) < 4.78 is 28.3. The van der Waals surface area contributed by atoms with Crippen LogP contribution in [0, 0.1) is 5.92 Å². The Balaban J connectivity index is 1.81. The highest BCUT2D eigenvalue weighted by molar-refractivity contribution is 7.90. The molecule has 0 radical (unpaired) electrons. The van der Waals surface area contributed by atoms with Crippen molar-refractivity contribution in [2.24, 2.45) is 11.7 Å². The Bertz CT molecular complexity index is 700. The molecule has 146 valence electrons. The number of rotatable bonds is 8. The highest BCUT2D eigenvalue weighted by Gasteiger charge is 2.20. The number of sulfone groups is 1. The highest BCUT2D eigenvalue weighted by atomic mass is 32.2. The molecule has 1 aliphatic carbocycles. The fraction of sp³-hybridized carbons (Fsp3) is 0.667. The molecule has 1 aliphatic rings. The van der Waals surface area contributed by atoms with Gasteiger partial charge in [-0.3, -0.25) is 4.79 Å². The minimum Gasteiger partial charge on any atom is -0.474 e. The summed E-state index contributed by atoms with van der Waals surface area (Å²) in [6.07, 6.45) is 7.52. The standard InChI is InChI=1S/C18H29N3O4S/c1-13-3-5-15(6-4-13)25-17-11-14(7-9-20-17)12-21-18(22)16(19)8-10-26(2,23)24/h7,9,11,13,15-16H,3-6,8,10,12,19H2,1-2H3,(H,21,22). The van der Waals surface area contributed by atoms with Crippen LogP contribution in [0.5, 0.6) is 5.88 Å². The molecular formula is C18H29N3O4S. The molecule has 8 heteroatoms. The van der Waals surface area contributed by atoms with E-state index >= 15 is 0 Å². The van der Waals surface area contributed by atoms with E-state index in [2.05, 4.69) is 17.2 Å². The van der Waals surface area contributed by atoms with Gasteiger partial charge in [0.15, 0.2) is 0 Å². The molecular weight excluding hydrogens is 354 g/mol. The predicted molar refractivity (Wildman–Crippen MR) is 100 cm³/mol. The molecule has 0 spiro atoms. The predicted octanol–water partition coefficient (Wildman–Crippen LogP) is 1.42. The van der Waals surface area contributed by atoms with Gasteiger partial charge in [-0.25, -0.2) is 13.4 Å². The van der Waals surface area contributed by atoms with Crippen LogP contribution in [0.3, 0.4) is 0 Å². The van der Waals surface area contributed by atoms with E-state index < -0.39 is 15.9 Å². The summed E-state index contributed by atoms with van der Waals surface area (Å²) in [5.41, 5.74) is 6.60. The van der Waals surface area contributed by atoms with Crippen molar-refractivity contribution in [2.45, 2.75) is 57.7 Å². The first-order chi connectivity index (χ1) is 12.2. The van der Waals surface area contributed by atoms with Gasteiger partial charge in [0.2, 0.25) is 11.8 Å². The van der Waals surface area contributed by atoms with E-state index in [0.717, 1.165) is 30.6 Å². The largest absolute Gasteiger partial charge is 0.474 e. The van der Waals surface area contributed by atoms with E-state index in [1.165, 1.54) is 12.8 Å². The van der Waals surface area contributed by atoms with Crippen molar-refractivity contribution in [3.8, 4) is 5.88 Å². The monoisotopic (exact) mass is 383 g/mol. The van der Waals surface area contributed by atoms with Gasteiger partial charge in [0, 0.05) is 25.1 Å². The maximum Gasteiger partial charge on any atom is 0.237 e. The second-order valence-electron chi connectivity index (χ2n) is 7.24. The third kappa shape index (κ3) is 7.29. The number of nitrogens with zero attached hydrogens (tertiary/aromatic N) is 1. The van der Waals surface area contributed by atoms with Gasteiger partial charge in [-0.15, -0.1) is 0 Å². The number of ether oxygens (including phenoxy) is 1. The van der Waals surface area contributed by atoms with Crippen LogP contribution in [0.25, 0.3) is 0 Å². The van der Waals surface area contributed by atoms with Gasteiger partial charge in [-0.2, -0.15) is 0 Å². The van der Waals surface area contributed by atoms with Crippen LogP contribution in [0.4, 0.5) is 0 Å². The lowest BCUT2D eigenvalue weighted by atomic mass is 9.89. The average Bonchev–Trinajstić information content (AvgIpc) is 2.59. The van der Waals surface area contributed by atoms with Gasteiger partial charge in [-0.05, 0) is 49.7 Å². The van der Waals surface area contributed by atoms with Crippen molar-refractivity contribution in [3.05, 3.63) is 23.9 Å². The molecule has 0 saturated heterocycles. The Labute approximate surface area is 155 Å². The molecule has 0 bridgehead atoms. The number of hydrogen-bond donors (Lipinski definition) is 2. The zero-order valence-electron chi connectivity index (χ0n) is 15.5. The minimum absolute atomic E-state index is 0.102. The lowest BCUT2D eigenvalue weighted by Gasteiger charge is -2.26. The summed E-state index contributed by atoms with van der Waals surface area (Å²) in [5.74, 6) is 0.859. The number of hydrogen-bond acceptors (Lipinski definition) is 6. The molecule has 1 amide bonds. The van der Waals surface area contributed by atoms with Crippen LogP contribution in [0.2, 0.25) is 0 Å². The second-order valence-corrected chi connectivity index (χ2v) is 9.50. The highest BCUT2D eigenvalue weighted by Crippen LogP contribution is 2.26. The summed E-state index contributed by atoms with van der Waals surface area (Å²) in [7, 11) is -3.13. The maximum atomic E-state index is 12.0. The molecule has 1 heterocycles. The minimum atomic E-state index is -3.13. The molecule has 3 N–H and O–H groups in total. The van der Waals surface area contributed by atoms with Gasteiger partial charge < -0.3 is 15.8 Å². The third-order valence-electron chi connectivity index (χ3n) is 4.65. The number of amides is 1. The normalized spacial score (nSPS) is 21.8. The number of carbonyl (C=O) groups excluding carboxylic acids is 1. The Hall–Kier alpha value is -1.67. The Kier molecular flexibility index (Phi) is 7.40. The number of aromatic nitrogens is 1. The quantitative estimate of drug-likeness (QED) is 0.702. The van der Waals surface area contributed by atoms with Gasteiger partial charge in [-0.1, -0.05) is 6.92 Å². The lowest BCUT2D eigenvalue weighted by molar-refractivity contribution is -0.122. The molecule has 1 unspecified atom stereocenters. The van der Waals surface area contributed by atoms with Crippen molar-refractivity contribution in [3.63, 3.8) is 0 Å². The zero-order chi connectivity index (χ0) is 19.2. The van der Waals surface area contributed by atoms with E-state index in [1.807, 2.05) is 6.07 Å². The summed E-state index contributed by atoms with van der Waals surface area (Å²) in [4.78, 5) is 16.2. The molecule has 0 aromatic carbocycles. The number of nitrogens with two attached hydrogens (primary N) is 1. The van der Waals surface area contributed by atoms with Crippen LogP contribution >= 0.6 is 0 Å². The molecule has 1 fully saturated rings. The average molecular weight is 384 g/mol. The van der Waals surface area contributed by atoms with Crippen LogP contribution in [-0.2, 0) is 21.2 Å². The second kappa shape index (κ2) is 9.32. The fourth-order valence-electron chi connectivity index (χ4n) is 2.94. The SMILES string of the molecule is CC1CCC(Oc2cc(CNC(=O)C(N)CCS(C)(=O)=O)ccn2)CC1. The van der Waals surface area contributed by atoms with Crippen LogP contribution in [-0.4, -0.2) is 43.5 Å². The van der Waals surface area contributed by atoms with Crippen LogP contribution in [0.15, 0.2) is 18.3 Å². The van der Waals surface area contributed by atoms with E-state index in [1.54, 1.807) is 12.3 Å². The van der Waals surface area contributed by atoms with Crippen molar-refractivity contribution >= 4 is 15.7 Å². The Morgan fingerprint density at radius 1 is 1.38 bits per heavy atom. The molecule has 0 aliphatic heterocycles. The first kappa shape index (κ1) is 20.6. The summed E-state index contributed by atoms with van der Waals surface area (Å²) in [6, 6.07) is 2.78. The number of nitrogens with one attached hydrogen (secondary N) is 1. The molecule has 1 atom stereocenters. The summed E-state index contributed by atoms with van der Waals surface area (Å²) in [6.45, 7) is 2.56. The van der Waals surface area contributed by atoms with Crippen molar-refractivity contribution in [2.75, 3.05) is 12.0 Å². The third-order valence-corrected chi connectivity index (χ3v) is 5.63. The molecule has 1 saturated carbocycles. The van der Waals surface area contributed by atoms with E-state index in [0.29, 0.717) is 12.4 Å². The maximum absolute atomic E-state index is 12.0. The number of carbonyl (C=O) groups is 1. The Morgan fingerprint density at radius 3 is 2.73 bits per heavy atom. The smallest absolute Gasteiger partial charge is 0.237 e. The van der Waals surface area contributed by atoms with Gasteiger partial charge in [0.25, 0.3) is 0 Å². The van der Waals surface area contributed by atoms with Crippen LogP contribution < -0.4 is 15.8 Å². The molecule has 1 aromatic heterocycles. The number of pyridine rings is 1. The topological polar surface area (TPSA) is 111 Å². The van der Waals surface area contributed by atoms with Gasteiger partial charge >= 0.3 is 0 Å². The van der Waals surface area contributed by atoms with E-state index in [9.17, 15) is 13.2 Å².